The summed E-state index contributed by atoms with van der Waals surface area (Å²) < 4.78 is 28.9. The summed E-state index contributed by atoms with van der Waals surface area (Å²) in [7, 11) is -1.77. The first kappa shape index (κ1) is 20.6. The molecule has 0 radical (unpaired) electrons. The number of rotatable bonds is 7. The number of carbonyl (C=O) groups excluding carboxylic acids is 1. The molecule has 1 aliphatic rings. The van der Waals surface area contributed by atoms with Crippen molar-refractivity contribution in [3.8, 4) is 5.75 Å². The van der Waals surface area contributed by atoms with E-state index in [9.17, 15) is 13.2 Å². The summed E-state index contributed by atoms with van der Waals surface area (Å²) in [5.41, 5.74) is 3.24. The molecule has 0 fully saturated rings. The van der Waals surface area contributed by atoms with E-state index >= 15 is 0 Å². The second kappa shape index (κ2) is 8.23. The third-order valence-electron chi connectivity index (χ3n) is 4.75. The Kier molecular flexibility index (Phi) is 5.47. The van der Waals surface area contributed by atoms with Crippen LogP contribution >= 0.6 is 0 Å². The molecule has 0 saturated heterocycles. The van der Waals surface area contributed by atoms with Gasteiger partial charge in [0.25, 0.3) is 0 Å². The number of fused-ring (bicyclic) bond motifs is 1. The summed E-state index contributed by atoms with van der Waals surface area (Å²) in [6.07, 6.45) is 3.10. The summed E-state index contributed by atoms with van der Waals surface area (Å²) in [4.78, 5) is 20.5. The van der Waals surface area contributed by atoms with Crippen molar-refractivity contribution in [2.75, 3.05) is 29.3 Å². The Hall–Kier alpha value is -3.66. The lowest BCUT2D eigenvalue weighted by molar-refractivity contribution is -0.115. The van der Waals surface area contributed by atoms with Gasteiger partial charge in [0.05, 0.1) is 24.6 Å². The number of anilines is 4. The van der Waals surface area contributed by atoms with E-state index in [-0.39, 0.29) is 10.8 Å². The fourth-order valence-electron chi connectivity index (χ4n) is 3.20. The minimum Gasteiger partial charge on any atom is -0.491 e. The SMILES string of the molecule is COc1cnc(Nc2ccc3c(c2)NC(=O)C3)nc1NCc1cccc(S(C)(=O)=O)c1. The Morgan fingerprint density at radius 3 is 2.81 bits per heavy atom. The van der Waals surface area contributed by atoms with Gasteiger partial charge in [-0.1, -0.05) is 18.2 Å². The van der Waals surface area contributed by atoms with Gasteiger partial charge in [0.1, 0.15) is 0 Å². The van der Waals surface area contributed by atoms with Gasteiger partial charge >= 0.3 is 0 Å². The van der Waals surface area contributed by atoms with Crippen LogP contribution in [0.4, 0.5) is 23.1 Å². The molecule has 4 rings (SSSR count). The number of methoxy groups -OCH3 is 1. The van der Waals surface area contributed by atoms with Gasteiger partial charge in [-0.3, -0.25) is 4.79 Å². The second-order valence-corrected chi connectivity index (χ2v) is 9.12. The van der Waals surface area contributed by atoms with Crippen LogP contribution in [0, 0.1) is 0 Å². The van der Waals surface area contributed by atoms with Crippen LogP contribution in [0.25, 0.3) is 0 Å². The van der Waals surface area contributed by atoms with Crippen molar-refractivity contribution in [3.05, 3.63) is 59.8 Å². The molecule has 2 aromatic carbocycles. The highest BCUT2D eigenvalue weighted by Crippen LogP contribution is 2.29. The van der Waals surface area contributed by atoms with Crippen molar-refractivity contribution in [1.29, 1.82) is 0 Å². The molecule has 3 N–H and O–H groups in total. The largest absolute Gasteiger partial charge is 0.491 e. The maximum atomic E-state index is 11.8. The van der Waals surface area contributed by atoms with Gasteiger partial charge in [0.2, 0.25) is 11.9 Å². The number of carbonyl (C=O) groups is 1. The predicted molar refractivity (Wildman–Crippen MR) is 118 cm³/mol. The minimum absolute atomic E-state index is 0.0284. The molecule has 0 bridgehead atoms. The maximum Gasteiger partial charge on any atom is 0.229 e. The van der Waals surface area contributed by atoms with Crippen LogP contribution < -0.4 is 20.7 Å². The minimum atomic E-state index is -3.28. The average molecular weight is 439 g/mol. The van der Waals surface area contributed by atoms with E-state index in [2.05, 4.69) is 25.9 Å². The molecule has 2 heterocycles. The zero-order valence-corrected chi connectivity index (χ0v) is 17.8. The number of ether oxygens (including phenoxy) is 1. The molecule has 10 heteroatoms. The zero-order valence-electron chi connectivity index (χ0n) is 17.0. The standard InChI is InChI=1S/C21H21N5O4S/c1-30-18-12-23-21(24-15-7-6-14-9-19(27)25-17(14)10-15)26-20(18)22-11-13-4-3-5-16(8-13)31(2,28)29/h3-8,10,12H,9,11H2,1-2H3,(H,25,27)(H2,22,23,24,26). The van der Waals surface area contributed by atoms with Gasteiger partial charge in [-0.25, -0.2) is 13.4 Å². The number of nitrogens with zero attached hydrogens (tertiary/aromatic N) is 2. The molecule has 160 valence electrons. The van der Waals surface area contributed by atoms with Gasteiger partial charge in [-0.2, -0.15) is 4.98 Å². The van der Waals surface area contributed by atoms with E-state index < -0.39 is 9.84 Å². The molecule has 9 nitrogen and oxygen atoms in total. The monoisotopic (exact) mass is 439 g/mol. The lowest BCUT2D eigenvalue weighted by Gasteiger charge is -2.13. The van der Waals surface area contributed by atoms with E-state index in [0.717, 1.165) is 22.5 Å². The first-order chi connectivity index (χ1) is 14.8. The Balaban J connectivity index is 1.52. The molecular formula is C21H21N5O4S. The maximum absolute atomic E-state index is 11.8. The Morgan fingerprint density at radius 1 is 1.19 bits per heavy atom. The summed E-state index contributed by atoms with van der Waals surface area (Å²) in [5, 5.41) is 9.10. The molecule has 0 unspecified atom stereocenters. The fourth-order valence-corrected chi connectivity index (χ4v) is 3.89. The quantitative estimate of drug-likeness (QED) is 0.514. The predicted octanol–water partition coefficient (Wildman–Crippen LogP) is 2.74. The topological polar surface area (TPSA) is 122 Å². The van der Waals surface area contributed by atoms with Gasteiger partial charge < -0.3 is 20.7 Å². The number of benzene rings is 2. The number of sulfone groups is 1. The number of amides is 1. The highest BCUT2D eigenvalue weighted by atomic mass is 32.2. The third kappa shape index (κ3) is 4.75. The van der Waals surface area contributed by atoms with E-state index in [1.165, 1.54) is 13.4 Å². The van der Waals surface area contributed by atoms with Gasteiger partial charge in [-0.05, 0) is 35.4 Å². The van der Waals surface area contributed by atoms with Crippen LogP contribution in [0.3, 0.4) is 0 Å². The molecule has 0 spiro atoms. The van der Waals surface area contributed by atoms with Crippen LogP contribution in [0.15, 0.2) is 53.6 Å². The highest BCUT2D eigenvalue weighted by molar-refractivity contribution is 7.90. The first-order valence-electron chi connectivity index (χ1n) is 9.45. The highest BCUT2D eigenvalue weighted by Gasteiger charge is 2.18. The number of nitrogens with one attached hydrogen (secondary N) is 3. The van der Waals surface area contributed by atoms with Gasteiger partial charge in [0, 0.05) is 24.2 Å². The first-order valence-corrected chi connectivity index (χ1v) is 11.3. The van der Waals surface area contributed by atoms with Crippen LogP contribution in [0.2, 0.25) is 0 Å². The lowest BCUT2D eigenvalue weighted by atomic mass is 10.1. The number of aromatic nitrogens is 2. The van der Waals surface area contributed by atoms with Crippen LogP contribution in [0.1, 0.15) is 11.1 Å². The summed E-state index contributed by atoms with van der Waals surface area (Å²) in [6.45, 7) is 0.348. The van der Waals surface area contributed by atoms with Crippen molar-refractivity contribution in [1.82, 2.24) is 9.97 Å². The van der Waals surface area contributed by atoms with Gasteiger partial charge in [-0.15, -0.1) is 0 Å². The Labute approximate surface area is 179 Å². The smallest absolute Gasteiger partial charge is 0.229 e. The van der Waals surface area contributed by atoms with E-state index in [0.29, 0.717) is 30.5 Å². The van der Waals surface area contributed by atoms with Crippen molar-refractivity contribution < 1.29 is 17.9 Å². The van der Waals surface area contributed by atoms with Crippen LogP contribution in [-0.4, -0.2) is 37.7 Å². The number of hydrogen-bond acceptors (Lipinski definition) is 8. The normalized spacial score (nSPS) is 12.8. The third-order valence-corrected chi connectivity index (χ3v) is 5.86. The molecule has 0 atom stereocenters. The molecule has 1 amide bonds. The van der Waals surface area contributed by atoms with E-state index in [1.54, 1.807) is 24.4 Å². The molecule has 3 aromatic rings. The summed E-state index contributed by atoms with van der Waals surface area (Å²) in [5.74, 6) is 1.22. The fraction of sp³-hybridized carbons (Fsp3) is 0.190. The molecule has 1 aliphatic heterocycles. The average Bonchev–Trinajstić information content (AvgIpc) is 3.11. The summed E-state index contributed by atoms with van der Waals surface area (Å²) >= 11 is 0. The van der Waals surface area contributed by atoms with Crippen molar-refractivity contribution in [3.63, 3.8) is 0 Å². The van der Waals surface area contributed by atoms with Crippen molar-refractivity contribution in [2.24, 2.45) is 0 Å². The molecule has 1 aromatic heterocycles. The molecule has 0 aliphatic carbocycles. The van der Waals surface area contributed by atoms with E-state index in [1.807, 2.05) is 24.3 Å². The second-order valence-electron chi connectivity index (χ2n) is 7.11. The Morgan fingerprint density at radius 2 is 2.03 bits per heavy atom. The molecular weight excluding hydrogens is 418 g/mol. The van der Waals surface area contributed by atoms with E-state index in [4.69, 9.17) is 4.74 Å². The van der Waals surface area contributed by atoms with Crippen molar-refractivity contribution >= 4 is 38.9 Å². The van der Waals surface area contributed by atoms with Crippen LogP contribution in [-0.2, 0) is 27.6 Å². The summed E-state index contributed by atoms with van der Waals surface area (Å²) in [6, 6.07) is 12.3. The molecule has 31 heavy (non-hydrogen) atoms. The Bertz CT molecular complexity index is 1260. The van der Waals surface area contributed by atoms with Gasteiger partial charge in [0.15, 0.2) is 21.4 Å². The molecule has 0 saturated carbocycles. The number of hydrogen-bond donors (Lipinski definition) is 3. The zero-order chi connectivity index (χ0) is 22.0. The lowest BCUT2D eigenvalue weighted by Crippen LogP contribution is -2.07. The van der Waals surface area contributed by atoms with Crippen molar-refractivity contribution in [2.45, 2.75) is 17.9 Å². The van der Waals surface area contributed by atoms with Crippen LogP contribution in [0.5, 0.6) is 5.75 Å².